The average molecular weight is 620 g/mol. The molecule has 2 aliphatic heterocycles. The van der Waals surface area contributed by atoms with Crippen molar-refractivity contribution in [1.29, 1.82) is 0 Å². The number of rotatable bonds is 2. The van der Waals surface area contributed by atoms with Gasteiger partial charge in [-0.3, -0.25) is 9.78 Å². The molecule has 1 fully saturated rings. The SMILES string of the molecule is CC(C)(C)c1ccnc(CC2CC[C@@H]3CN(c4nc(C(C)(C)C)ncc4C(=O)NS(=O)(=O)c4cccc(n4)N2)C(C)(C)C3)c1. The standard InChI is InChI=1S/C33H45N7O3S/c1-31(2,3)22-14-15-34-24(16-22)17-23-13-12-21-18-33(7,8)40(20-21)28-25(19-35-30(38-28)32(4,5)6)29(41)39-44(42,43)27-11-9-10-26(36-23)37-27/h9-11,14-16,19,21,23H,12-13,17-18,20H2,1-8H3,(H,36,37)(H,39,41)/t21-,23?/m0/s1. The Morgan fingerprint density at radius 3 is 2.45 bits per heavy atom. The van der Waals surface area contributed by atoms with E-state index in [1.54, 1.807) is 12.1 Å². The van der Waals surface area contributed by atoms with Crippen LogP contribution in [0.15, 0.2) is 47.8 Å². The Labute approximate surface area is 261 Å². The fourth-order valence-corrected chi connectivity index (χ4v) is 7.04. The third-order valence-electron chi connectivity index (χ3n) is 8.54. The van der Waals surface area contributed by atoms with Crippen LogP contribution < -0.4 is 14.9 Å². The molecule has 3 aromatic rings. The summed E-state index contributed by atoms with van der Waals surface area (Å²) in [7, 11) is -4.29. The highest BCUT2D eigenvalue weighted by Gasteiger charge is 2.41. The molecule has 0 saturated carbocycles. The van der Waals surface area contributed by atoms with Gasteiger partial charge in [-0.05, 0) is 74.3 Å². The summed E-state index contributed by atoms with van der Waals surface area (Å²) in [4.78, 5) is 34.2. The molecule has 4 bridgehead atoms. The highest BCUT2D eigenvalue weighted by molar-refractivity contribution is 7.90. The second-order valence-corrected chi connectivity index (χ2v) is 16.5. The van der Waals surface area contributed by atoms with Crippen LogP contribution in [0.25, 0.3) is 0 Å². The summed E-state index contributed by atoms with van der Waals surface area (Å²) >= 11 is 0. The zero-order chi connectivity index (χ0) is 32.1. The van der Waals surface area contributed by atoms with E-state index in [-0.39, 0.29) is 33.0 Å². The minimum Gasteiger partial charge on any atom is -0.367 e. The molecule has 3 aromatic heterocycles. The van der Waals surface area contributed by atoms with E-state index in [0.29, 0.717) is 36.3 Å². The second-order valence-electron chi connectivity index (χ2n) is 14.9. The van der Waals surface area contributed by atoms with E-state index < -0.39 is 15.9 Å². The van der Waals surface area contributed by atoms with E-state index in [0.717, 1.165) is 25.0 Å². The number of carbonyl (C=O) groups excluding carboxylic acids is 1. The van der Waals surface area contributed by atoms with Crippen LogP contribution in [0.5, 0.6) is 0 Å². The van der Waals surface area contributed by atoms with E-state index in [1.165, 1.54) is 17.8 Å². The molecule has 2 atom stereocenters. The number of carbonyl (C=O) groups is 1. The first-order valence-electron chi connectivity index (χ1n) is 15.3. The lowest BCUT2D eigenvalue weighted by Crippen LogP contribution is -2.41. The van der Waals surface area contributed by atoms with Crippen molar-refractivity contribution in [2.75, 3.05) is 16.8 Å². The molecule has 0 aliphatic carbocycles. The Kier molecular flexibility index (Phi) is 8.24. The quantitative estimate of drug-likeness (QED) is 0.387. The van der Waals surface area contributed by atoms with Gasteiger partial charge < -0.3 is 10.2 Å². The number of aromatic nitrogens is 4. The summed E-state index contributed by atoms with van der Waals surface area (Å²) in [5, 5.41) is 3.26. The van der Waals surface area contributed by atoms with Crippen molar-refractivity contribution >= 4 is 27.6 Å². The number of sulfonamides is 1. The van der Waals surface area contributed by atoms with Crippen molar-refractivity contribution in [3.8, 4) is 0 Å². The normalized spacial score (nSPS) is 21.8. The fourth-order valence-electron chi connectivity index (χ4n) is 6.11. The van der Waals surface area contributed by atoms with Gasteiger partial charge in [0.15, 0.2) is 5.03 Å². The smallest absolute Gasteiger partial charge is 0.281 e. The topological polar surface area (TPSA) is 130 Å². The minimum atomic E-state index is -4.29. The molecular weight excluding hydrogens is 574 g/mol. The van der Waals surface area contributed by atoms with Gasteiger partial charge in [0.2, 0.25) is 0 Å². The largest absolute Gasteiger partial charge is 0.367 e. The molecule has 2 N–H and O–H groups in total. The molecule has 5 heterocycles. The van der Waals surface area contributed by atoms with Gasteiger partial charge in [0, 0.05) is 48.0 Å². The average Bonchev–Trinajstić information content (AvgIpc) is 3.23. The maximum absolute atomic E-state index is 13.6. The van der Waals surface area contributed by atoms with Crippen molar-refractivity contribution in [1.82, 2.24) is 24.7 Å². The molecule has 236 valence electrons. The van der Waals surface area contributed by atoms with Crippen LogP contribution in [0.3, 0.4) is 0 Å². The third kappa shape index (κ3) is 6.87. The van der Waals surface area contributed by atoms with Crippen molar-refractivity contribution in [3.63, 3.8) is 0 Å². The lowest BCUT2D eigenvalue weighted by molar-refractivity contribution is 0.0980. The van der Waals surface area contributed by atoms with Gasteiger partial charge in [-0.15, -0.1) is 0 Å². The summed E-state index contributed by atoms with van der Waals surface area (Å²) in [6, 6.07) is 8.94. The highest BCUT2D eigenvalue weighted by atomic mass is 32.2. The number of anilines is 2. The Bertz CT molecular complexity index is 1660. The zero-order valence-corrected chi connectivity index (χ0v) is 27.9. The van der Waals surface area contributed by atoms with E-state index in [1.807, 2.05) is 27.0 Å². The van der Waals surface area contributed by atoms with E-state index in [9.17, 15) is 13.2 Å². The fraction of sp³-hybridized carbons (Fsp3) is 0.545. The Morgan fingerprint density at radius 2 is 1.75 bits per heavy atom. The number of nitrogens with zero attached hydrogens (tertiary/aromatic N) is 5. The molecule has 1 amide bonds. The van der Waals surface area contributed by atoms with Crippen molar-refractivity contribution in [2.45, 2.75) is 109 Å². The number of hydrogen-bond acceptors (Lipinski definition) is 9. The van der Waals surface area contributed by atoms with Crippen molar-refractivity contribution < 1.29 is 13.2 Å². The maximum Gasteiger partial charge on any atom is 0.281 e. The molecule has 10 nitrogen and oxygen atoms in total. The number of fused-ring (bicyclic) bond motifs is 6. The highest BCUT2D eigenvalue weighted by Crippen LogP contribution is 2.40. The van der Waals surface area contributed by atoms with Crippen LogP contribution in [0.2, 0.25) is 0 Å². The Morgan fingerprint density at radius 1 is 1.00 bits per heavy atom. The minimum absolute atomic E-state index is 0.00679. The monoisotopic (exact) mass is 619 g/mol. The predicted octanol–water partition coefficient (Wildman–Crippen LogP) is 5.40. The van der Waals surface area contributed by atoms with Crippen molar-refractivity contribution in [2.24, 2.45) is 5.92 Å². The summed E-state index contributed by atoms with van der Waals surface area (Å²) in [5.74, 6) is 1.03. The number of nitrogens with one attached hydrogen (secondary N) is 2. The first kappa shape index (κ1) is 31.8. The van der Waals surface area contributed by atoms with Crippen LogP contribution >= 0.6 is 0 Å². The van der Waals surface area contributed by atoms with Crippen molar-refractivity contribution in [3.05, 3.63) is 65.4 Å². The molecular formula is C33H45N7O3S. The Balaban J connectivity index is 1.57. The molecule has 5 rings (SSSR count). The molecule has 0 radical (unpaired) electrons. The summed E-state index contributed by atoms with van der Waals surface area (Å²) < 4.78 is 29.1. The first-order chi connectivity index (χ1) is 20.4. The van der Waals surface area contributed by atoms with Gasteiger partial charge in [0.1, 0.15) is 23.0 Å². The van der Waals surface area contributed by atoms with Crippen LogP contribution in [0.4, 0.5) is 11.6 Å². The molecule has 1 saturated heterocycles. The molecule has 11 heteroatoms. The number of pyridine rings is 2. The lowest BCUT2D eigenvalue weighted by atomic mass is 9.86. The number of hydrogen-bond donors (Lipinski definition) is 2. The van der Waals surface area contributed by atoms with Gasteiger partial charge in [0.05, 0.1) is 0 Å². The first-order valence-corrected chi connectivity index (χ1v) is 16.8. The molecule has 1 unspecified atom stereocenters. The predicted molar refractivity (Wildman–Crippen MR) is 172 cm³/mol. The van der Waals surface area contributed by atoms with Gasteiger partial charge in [-0.25, -0.2) is 19.7 Å². The van der Waals surface area contributed by atoms with Crippen LogP contribution in [0.1, 0.15) is 102 Å². The molecule has 0 aromatic carbocycles. The molecule has 2 aliphatic rings. The van der Waals surface area contributed by atoms with Gasteiger partial charge in [0.25, 0.3) is 15.9 Å². The lowest BCUT2D eigenvalue weighted by Gasteiger charge is -2.34. The molecule has 0 spiro atoms. The summed E-state index contributed by atoms with van der Waals surface area (Å²) in [5.41, 5.74) is 1.63. The van der Waals surface area contributed by atoms with E-state index in [4.69, 9.17) is 4.98 Å². The Hall–Kier alpha value is -3.60. The van der Waals surface area contributed by atoms with Crippen LogP contribution in [-0.4, -0.2) is 52.4 Å². The van der Waals surface area contributed by atoms with E-state index in [2.05, 4.69) is 76.6 Å². The van der Waals surface area contributed by atoms with Gasteiger partial charge >= 0.3 is 0 Å². The number of amides is 1. The third-order valence-corrected chi connectivity index (χ3v) is 9.77. The summed E-state index contributed by atoms with van der Waals surface area (Å²) in [6.45, 7) is 17.6. The van der Waals surface area contributed by atoms with Gasteiger partial charge in [-0.2, -0.15) is 8.42 Å². The van der Waals surface area contributed by atoms with Crippen LogP contribution in [0, 0.1) is 5.92 Å². The summed E-state index contributed by atoms with van der Waals surface area (Å²) in [6.07, 6.45) is 6.63. The van der Waals surface area contributed by atoms with Gasteiger partial charge in [-0.1, -0.05) is 47.6 Å². The zero-order valence-electron chi connectivity index (χ0n) is 27.1. The second kappa shape index (κ2) is 11.4. The van der Waals surface area contributed by atoms with E-state index >= 15 is 0 Å². The maximum atomic E-state index is 13.6. The van der Waals surface area contributed by atoms with Crippen LogP contribution in [-0.2, 0) is 27.3 Å². The molecule has 44 heavy (non-hydrogen) atoms.